The van der Waals surface area contributed by atoms with Crippen LogP contribution in [0.3, 0.4) is 0 Å². The molecule has 2 aromatic heterocycles. The van der Waals surface area contributed by atoms with E-state index in [4.69, 9.17) is 26.5 Å². The average Bonchev–Trinajstić information content (AvgIpc) is 2.91. The van der Waals surface area contributed by atoms with E-state index in [0.717, 1.165) is 16.0 Å². The maximum atomic E-state index is 11.7. The number of nitrogen functional groups attached to an aromatic ring is 1. The van der Waals surface area contributed by atoms with Crippen LogP contribution in [0.2, 0.25) is 5.22 Å². The predicted molar refractivity (Wildman–Crippen MR) is 76.9 cm³/mol. The van der Waals surface area contributed by atoms with Gasteiger partial charge >= 0.3 is 5.97 Å². The zero-order chi connectivity index (χ0) is 14.2. The zero-order valence-electron chi connectivity index (χ0n) is 10.8. The molecule has 2 heterocycles. The molecule has 0 aliphatic carbocycles. The third-order valence-corrected chi connectivity index (χ3v) is 4.32. The Morgan fingerprint density at radius 2 is 2.21 bits per heavy atom. The lowest BCUT2D eigenvalue weighted by Crippen LogP contribution is -2.03. The van der Waals surface area contributed by atoms with Crippen LogP contribution < -0.4 is 5.73 Å². The predicted octanol–water partition coefficient (Wildman–Crippen LogP) is 4.15. The number of hydrogen-bond donors (Lipinski definition) is 1. The Morgan fingerprint density at radius 1 is 1.53 bits per heavy atom. The summed E-state index contributed by atoms with van der Waals surface area (Å²) in [5, 5.41) is 0.291. The summed E-state index contributed by atoms with van der Waals surface area (Å²) in [4.78, 5) is 13.0. The van der Waals surface area contributed by atoms with Gasteiger partial charge in [-0.25, -0.2) is 4.79 Å². The molecular formula is C13H14ClNO3S. The van der Waals surface area contributed by atoms with Gasteiger partial charge in [0, 0.05) is 10.4 Å². The minimum absolute atomic E-state index is 0.163. The fourth-order valence-corrected chi connectivity index (χ4v) is 3.51. The van der Waals surface area contributed by atoms with Crippen LogP contribution in [0.4, 0.5) is 5.69 Å². The Labute approximate surface area is 120 Å². The van der Waals surface area contributed by atoms with Gasteiger partial charge in [0.25, 0.3) is 0 Å². The number of furan rings is 1. The second kappa shape index (κ2) is 5.27. The Balaban J connectivity index is 2.67. The molecule has 0 aliphatic heterocycles. The van der Waals surface area contributed by atoms with Crippen LogP contribution in [-0.2, 0) is 4.74 Å². The van der Waals surface area contributed by atoms with E-state index in [9.17, 15) is 4.79 Å². The van der Waals surface area contributed by atoms with E-state index in [-0.39, 0.29) is 5.92 Å². The van der Waals surface area contributed by atoms with Crippen LogP contribution in [0.5, 0.6) is 0 Å². The lowest BCUT2D eigenvalue weighted by Gasteiger charge is -2.07. The van der Waals surface area contributed by atoms with E-state index >= 15 is 0 Å². The first kappa shape index (κ1) is 14.0. The Hall–Kier alpha value is -1.46. The van der Waals surface area contributed by atoms with Crippen LogP contribution in [0.1, 0.15) is 35.0 Å². The number of thiophene rings is 1. The van der Waals surface area contributed by atoms with Crippen LogP contribution in [0, 0.1) is 0 Å². The molecule has 2 rings (SSSR count). The van der Waals surface area contributed by atoms with Crippen LogP contribution in [-0.4, -0.2) is 13.1 Å². The molecule has 102 valence electrons. The SMILES string of the molecule is COC(=O)c1sc(-c2ccoc2Cl)c(C(C)C)c1N. The van der Waals surface area contributed by atoms with E-state index in [0.29, 0.717) is 15.8 Å². The number of rotatable bonds is 3. The van der Waals surface area contributed by atoms with Gasteiger partial charge in [-0.3, -0.25) is 0 Å². The molecule has 0 bridgehead atoms. The smallest absolute Gasteiger partial charge is 0.350 e. The largest absolute Gasteiger partial charge is 0.465 e. The standard InChI is InChI=1S/C13H14ClNO3S/c1-6(2)8-9(15)11(13(16)17-3)19-10(8)7-4-5-18-12(7)14/h4-6H,15H2,1-3H3. The minimum atomic E-state index is -0.435. The lowest BCUT2D eigenvalue weighted by molar-refractivity contribution is 0.0607. The molecule has 0 saturated heterocycles. The van der Waals surface area contributed by atoms with Crippen molar-refractivity contribution >= 4 is 34.6 Å². The van der Waals surface area contributed by atoms with Gasteiger partial charge in [-0.1, -0.05) is 13.8 Å². The Bertz CT molecular complexity index is 615. The lowest BCUT2D eigenvalue weighted by atomic mass is 9.99. The van der Waals surface area contributed by atoms with Crippen molar-refractivity contribution in [2.75, 3.05) is 12.8 Å². The van der Waals surface area contributed by atoms with Crippen LogP contribution in [0.25, 0.3) is 10.4 Å². The van der Waals surface area contributed by atoms with E-state index in [1.807, 2.05) is 13.8 Å². The molecule has 0 amide bonds. The maximum Gasteiger partial charge on any atom is 0.350 e. The van der Waals surface area contributed by atoms with Gasteiger partial charge in [0.05, 0.1) is 19.1 Å². The molecule has 4 nitrogen and oxygen atoms in total. The van der Waals surface area contributed by atoms with Crippen molar-refractivity contribution in [2.45, 2.75) is 19.8 Å². The first-order valence-corrected chi connectivity index (χ1v) is 6.90. The quantitative estimate of drug-likeness (QED) is 0.864. The number of halogens is 1. The van der Waals surface area contributed by atoms with Crippen molar-refractivity contribution in [3.8, 4) is 10.4 Å². The van der Waals surface area contributed by atoms with Crippen molar-refractivity contribution in [2.24, 2.45) is 0 Å². The van der Waals surface area contributed by atoms with Gasteiger partial charge in [0.15, 0.2) is 0 Å². The van der Waals surface area contributed by atoms with Crippen LogP contribution in [0.15, 0.2) is 16.7 Å². The maximum absolute atomic E-state index is 11.7. The highest BCUT2D eigenvalue weighted by Crippen LogP contribution is 2.45. The van der Waals surface area contributed by atoms with Gasteiger partial charge in [0.1, 0.15) is 4.88 Å². The highest BCUT2D eigenvalue weighted by molar-refractivity contribution is 7.18. The number of carbonyl (C=O) groups excluding carboxylic acids is 1. The molecule has 2 aromatic rings. The molecule has 0 spiro atoms. The zero-order valence-corrected chi connectivity index (χ0v) is 12.4. The number of hydrogen-bond acceptors (Lipinski definition) is 5. The molecule has 2 N–H and O–H groups in total. The van der Waals surface area contributed by atoms with Gasteiger partial charge < -0.3 is 14.9 Å². The van der Waals surface area contributed by atoms with E-state index < -0.39 is 5.97 Å². The minimum Gasteiger partial charge on any atom is -0.465 e. The van der Waals surface area contributed by atoms with E-state index in [2.05, 4.69) is 0 Å². The van der Waals surface area contributed by atoms with E-state index in [1.165, 1.54) is 24.7 Å². The third kappa shape index (κ3) is 2.35. The Morgan fingerprint density at radius 3 is 2.68 bits per heavy atom. The number of nitrogens with two attached hydrogens (primary N) is 1. The summed E-state index contributed by atoms with van der Waals surface area (Å²) >= 11 is 7.28. The number of ether oxygens (including phenoxy) is 1. The summed E-state index contributed by atoms with van der Waals surface area (Å²) in [7, 11) is 1.33. The summed E-state index contributed by atoms with van der Waals surface area (Å²) in [6.45, 7) is 4.02. The number of methoxy groups -OCH3 is 1. The summed E-state index contributed by atoms with van der Waals surface area (Å²) in [6.07, 6.45) is 1.51. The molecule has 0 radical (unpaired) electrons. The van der Waals surface area contributed by atoms with Gasteiger partial charge in [-0.05, 0) is 29.1 Å². The molecule has 0 atom stereocenters. The van der Waals surface area contributed by atoms with Gasteiger partial charge in [-0.15, -0.1) is 11.3 Å². The van der Waals surface area contributed by atoms with Gasteiger partial charge in [-0.2, -0.15) is 0 Å². The van der Waals surface area contributed by atoms with Crippen molar-refractivity contribution in [1.29, 1.82) is 0 Å². The number of anilines is 1. The van der Waals surface area contributed by atoms with Crippen molar-refractivity contribution in [3.63, 3.8) is 0 Å². The molecule has 19 heavy (non-hydrogen) atoms. The normalized spacial score (nSPS) is 11.0. The Kier molecular flexibility index (Phi) is 3.87. The van der Waals surface area contributed by atoms with Gasteiger partial charge in [0.2, 0.25) is 5.22 Å². The molecule has 0 aliphatic rings. The number of carbonyl (C=O) groups is 1. The first-order chi connectivity index (χ1) is 8.97. The molecule has 0 aromatic carbocycles. The fourth-order valence-electron chi connectivity index (χ4n) is 1.93. The fraction of sp³-hybridized carbons (Fsp3) is 0.308. The van der Waals surface area contributed by atoms with Crippen molar-refractivity contribution in [3.05, 3.63) is 28.0 Å². The molecule has 0 fully saturated rings. The van der Waals surface area contributed by atoms with E-state index in [1.54, 1.807) is 6.07 Å². The second-order valence-corrected chi connectivity index (χ2v) is 5.71. The molecular weight excluding hydrogens is 286 g/mol. The average molecular weight is 300 g/mol. The summed E-state index contributed by atoms with van der Waals surface area (Å²) in [6, 6.07) is 1.76. The topological polar surface area (TPSA) is 65.5 Å². The van der Waals surface area contributed by atoms with Crippen molar-refractivity contribution in [1.82, 2.24) is 0 Å². The summed E-state index contributed by atoms with van der Waals surface area (Å²) in [5.74, 6) is -0.272. The van der Waals surface area contributed by atoms with Crippen LogP contribution >= 0.6 is 22.9 Å². The monoisotopic (exact) mass is 299 g/mol. The highest BCUT2D eigenvalue weighted by Gasteiger charge is 2.25. The summed E-state index contributed by atoms with van der Waals surface area (Å²) < 4.78 is 9.85. The van der Waals surface area contributed by atoms with Crippen molar-refractivity contribution < 1.29 is 13.9 Å². The molecule has 0 saturated carbocycles. The number of esters is 1. The first-order valence-electron chi connectivity index (χ1n) is 5.71. The molecule has 0 unspecified atom stereocenters. The third-order valence-electron chi connectivity index (χ3n) is 2.79. The second-order valence-electron chi connectivity index (χ2n) is 4.34. The molecule has 6 heteroatoms. The highest BCUT2D eigenvalue weighted by atomic mass is 35.5. The summed E-state index contributed by atoms with van der Waals surface area (Å²) in [5.41, 5.74) is 8.18.